The molecule has 1 heterocycles. The normalized spacial score (nSPS) is 10.4. The molecular weight excluding hydrogens is 344 g/mol. The fraction of sp³-hybridized carbons (Fsp3) is 0.250. The van der Waals surface area contributed by atoms with Gasteiger partial charge in [0.2, 0.25) is 5.89 Å². The Morgan fingerprint density at radius 3 is 2.90 bits per heavy atom. The van der Waals surface area contributed by atoms with Crippen molar-refractivity contribution in [3.63, 3.8) is 0 Å². The number of carbonyl (C=O) groups is 1. The van der Waals surface area contributed by atoms with Crippen LogP contribution in [-0.4, -0.2) is 27.5 Å². The van der Waals surface area contributed by atoms with E-state index in [9.17, 15) is 14.9 Å². The summed E-state index contributed by atoms with van der Waals surface area (Å²) in [4.78, 5) is 26.3. The molecule has 1 amide bonds. The Labute approximate surface area is 127 Å². The summed E-state index contributed by atoms with van der Waals surface area (Å²) in [6.45, 7) is 1.99. The molecular formula is C12H11BrN4O4. The van der Waals surface area contributed by atoms with E-state index >= 15 is 0 Å². The maximum atomic E-state index is 12.0. The van der Waals surface area contributed by atoms with Gasteiger partial charge in [0.15, 0.2) is 5.82 Å². The van der Waals surface area contributed by atoms with Crippen LogP contribution in [0.3, 0.4) is 0 Å². The van der Waals surface area contributed by atoms with Gasteiger partial charge in [0.05, 0.1) is 10.5 Å². The van der Waals surface area contributed by atoms with Crippen LogP contribution in [0.4, 0.5) is 5.69 Å². The van der Waals surface area contributed by atoms with Gasteiger partial charge in [0.25, 0.3) is 11.6 Å². The van der Waals surface area contributed by atoms with E-state index in [1.165, 1.54) is 18.2 Å². The zero-order chi connectivity index (χ0) is 15.4. The first-order valence-corrected chi connectivity index (χ1v) is 6.78. The summed E-state index contributed by atoms with van der Waals surface area (Å²) in [5, 5.41) is 17.1. The van der Waals surface area contributed by atoms with Crippen molar-refractivity contribution in [2.75, 3.05) is 6.54 Å². The van der Waals surface area contributed by atoms with Gasteiger partial charge >= 0.3 is 0 Å². The Bertz CT molecular complexity index is 686. The number of halogens is 1. The molecule has 9 heteroatoms. The second-order valence-electron chi connectivity index (χ2n) is 4.14. The number of aryl methyl sites for hydroxylation is 1. The molecule has 0 radical (unpaired) electrons. The molecule has 0 saturated heterocycles. The number of hydrogen-bond donors (Lipinski definition) is 1. The highest BCUT2D eigenvalue weighted by molar-refractivity contribution is 9.10. The molecule has 2 aromatic rings. The molecule has 0 aliphatic rings. The van der Waals surface area contributed by atoms with E-state index in [0.717, 1.165) is 0 Å². The maximum absolute atomic E-state index is 12.0. The van der Waals surface area contributed by atoms with Crippen molar-refractivity contribution in [3.05, 3.63) is 50.1 Å². The van der Waals surface area contributed by atoms with Crippen LogP contribution in [-0.2, 0) is 6.42 Å². The summed E-state index contributed by atoms with van der Waals surface area (Å²) in [7, 11) is 0. The number of nitrogens with zero attached hydrogens (tertiary/aromatic N) is 3. The SMILES string of the molecule is Cc1noc(CCNC(=O)c2cccc([N+](=O)[O-])c2Br)n1. The highest BCUT2D eigenvalue weighted by Gasteiger charge is 2.19. The second-order valence-corrected chi connectivity index (χ2v) is 4.93. The number of amides is 1. The van der Waals surface area contributed by atoms with E-state index in [2.05, 4.69) is 31.4 Å². The van der Waals surface area contributed by atoms with Crippen LogP contribution in [0.5, 0.6) is 0 Å². The van der Waals surface area contributed by atoms with Crippen molar-refractivity contribution >= 4 is 27.5 Å². The van der Waals surface area contributed by atoms with Crippen LogP contribution >= 0.6 is 15.9 Å². The molecule has 0 unspecified atom stereocenters. The lowest BCUT2D eigenvalue weighted by atomic mass is 10.2. The average molecular weight is 355 g/mol. The van der Waals surface area contributed by atoms with E-state index in [-0.39, 0.29) is 22.3 Å². The minimum Gasteiger partial charge on any atom is -0.351 e. The van der Waals surface area contributed by atoms with Gasteiger partial charge in [0.1, 0.15) is 4.47 Å². The molecule has 0 saturated carbocycles. The highest BCUT2D eigenvalue weighted by Crippen LogP contribution is 2.28. The van der Waals surface area contributed by atoms with Crippen LogP contribution in [0.1, 0.15) is 22.1 Å². The van der Waals surface area contributed by atoms with Crippen molar-refractivity contribution in [2.45, 2.75) is 13.3 Å². The van der Waals surface area contributed by atoms with Gasteiger partial charge in [0, 0.05) is 19.0 Å². The van der Waals surface area contributed by atoms with Gasteiger partial charge in [-0.2, -0.15) is 4.98 Å². The molecule has 0 spiro atoms. The first-order valence-electron chi connectivity index (χ1n) is 5.99. The maximum Gasteiger partial charge on any atom is 0.284 e. The van der Waals surface area contributed by atoms with Gasteiger partial charge in [-0.25, -0.2) is 0 Å². The van der Waals surface area contributed by atoms with Gasteiger partial charge < -0.3 is 9.84 Å². The Hall–Kier alpha value is -2.29. The standard InChI is InChI=1S/C12H11BrN4O4/c1-7-15-10(21-16-7)5-6-14-12(18)8-3-2-4-9(11(8)13)17(19)20/h2-4H,5-6H2,1H3,(H,14,18). The minimum atomic E-state index is -0.553. The number of aromatic nitrogens is 2. The van der Waals surface area contributed by atoms with Gasteiger partial charge in [-0.15, -0.1) is 0 Å². The summed E-state index contributed by atoms with van der Waals surface area (Å²) in [5.74, 6) is 0.533. The molecule has 1 aromatic carbocycles. The summed E-state index contributed by atoms with van der Waals surface area (Å²) in [5.41, 5.74) is 0.0427. The number of carbonyl (C=O) groups excluding carboxylic acids is 1. The monoisotopic (exact) mass is 354 g/mol. The van der Waals surface area contributed by atoms with E-state index in [1.807, 2.05) is 0 Å². The third kappa shape index (κ3) is 3.63. The minimum absolute atomic E-state index is 0.154. The Balaban J connectivity index is 2.00. The van der Waals surface area contributed by atoms with Crippen LogP contribution in [0.15, 0.2) is 27.2 Å². The second kappa shape index (κ2) is 6.44. The molecule has 110 valence electrons. The van der Waals surface area contributed by atoms with E-state index in [4.69, 9.17) is 4.52 Å². The predicted octanol–water partition coefficient (Wildman–Crippen LogP) is 2.02. The highest BCUT2D eigenvalue weighted by atomic mass is 79.9. The van der Waals surface area contributed by atoms with E-state index in [0.29, 0.717) is 18.1 Å². The summed E-state index contributed by atoms with van der Waals surface area (Å²) >= 11 is 3.08. The Morgan fingerprint density at radius 2 is 2.29 bits per heavy atom. The molecule has 1 N–H and O–H groups in total. The number of benzene rings is 1. The smallest absolute Gasteiger partial charge is 0.284 e. The molecule has 2 rings (SSSR count). The quantitative estimate of drug-likeness (QED) is 0.649. The van der Waals surface area contributed by atoms with Crippen molar-refractivity contribution < 1.29 is 14.2 Å². The number of nitro benzene ring substituents is 1. The first-order chi connectivity index (χ1) is 9.99. The number of nitrogens with one attached hydrogen (secondary N) is 1. The third-order valence-electron chi connectivity index (χ3n) is 2.61. The van der Waals surface area contributed by atoms with Crippen LogP contribution < -0.4 is 5.32 Å². The number of rotatable bonds is 5. The third-order valence-corrected chi connectivity index (χ3v) is 3.45. The van der Waals surface area contributed by atoms with Crippen molar-refractivity contribution in [1.29, 1.82) is 0 Å². The summed E-state index contributed by atoms with van der Waals surface area (Å²) in [6, 6.07) is 4.28. The van der Waals surface area contributed by atoms with E-state index < -0.39 is 10.8 Å². The Kier molecular flexibility index (Phi) is 4.63. The van der Waals surface area contributed by atoms with Crippen molar-refractivity contribution in [1.82, 2.24) is 15.5 Å². The summed E-state index contributed by atoms with van der Waals surface area (Å²) < 4.78 is 5.07. The lowest BCUT2D eigenvalue weighted by Gasteiger charge is -2.05. The van der Waals surface area contributed by atoms with Crippen LogP contribution in [0.25, 0.3) is 0 Å². The number of hydrogen-bond acceptors (Lipinski definition) is 6. The molecule has 0 fully saturated rings. The van der Waals surface area contributed by atoms with Gasteiger partial charge in [-0.3, -0.25) is 14.9 Å². The average Bonchev–Trinajstić information content (AvgIpc) is 2.84. The molecule has 0 aliphatic carbocycles. The van der Waals surface area contributed by atoms with E-state index in [1.54, 1.807) is 6.92 Å². The molecule has 1 aromatic heterocycles. The zero-order valence-electron chi connectivity index (χ0n) is 11.0. The zero-order valence-corrected chi connectivity index (χ0v) is 12.6. The fourth-order valence-electron chi connectivity index (χ4n) is 1.66. The lowest BCUT2D eigenvalue weighted by molar-refractivity contribution is -0.385. The molecule has 8 nitrogen and oxygen atoms in total. The summed E-state index contributed by atoms with van der Waals surface area (Å²) in [6.07, 6.45) is 0.388. The van der Waals surface area contributed by atoms with Crippen LogP contribution in [0, 0.1) is 17.0 Å². The van der Waals surface area contributed by atoms with Crippen molar-refractivity contribution in [3.8, 4) is 0 Å². The van der Waals surface area contributed by atoms with Crippen LogP contribution in [0.2, 0.25) is 0 Å². The first kappa shape index (κ1) is 15.1. The molecule has 0 atom stereocenters. The number of nitro groups is 1. The molecule has 21 heavy (non-hydrogen) atoms. The topological polar surface area (TPSA) is 111 Å². The van der Waals surface area contributed by atoms with Gasteiger partial charge in [-0.05, 0) is 28.9 Å². The fourth-order valence-corrected chi connectivity index (χ4v) is 2.25. The van der Waals surface area contributed by atoms with Gasteiger partial charge in [-0.1, -0.05) is 11.2 Å². The molecule has 0 bridgehead atoms. The lowest BCUT2D eigenvalue weighted by Crippen LogP contribution is -2.26. The van der Waals surface area contributed by atoms with Crippen molar-refractivity contribution in [2.24, 2.45) is 0 Å². The Morgan fingerprint density at radius 1 is 1.52 bits per heavy atom. The molecule has 0 aliphatic heterocycles. The largest absolute Gasteiger partial charge is 0.351 e. The predicted molar refractivity (Wildman–Crippen MR) is 75.9 cm³/mol.